The summed E-state index contributed by atoms with van der Waals surface area (Å²) in [5.74, 6) is 1.95. The van der Waals surface area contributed by atoms with Gasteiger partial charge in [-0.2, -0.15) is 0 Å². The fraction of sp³-hybridized carbons (Fsp3) is 0.667. The predicted octanol–water partition coefficient (Wildman–Crippen LogP) is 9.98. The molecule has 2 saturated heterocycles. The molecule has 2 heterocycles. The van der Waals surface area contributed by atoms with Crippen LogP contribution in [0.3, 0.4) is 0 Å². The van der Waals surface area contributed by atoms with E-state index >= 15 is 0 Å². The molecule has 2 aliphatic heterocycles. The monoisotopic (exact) mass is 748 g/mol. The maximum atomic E-state index is 13.2. The largest absolute Gasteiger partial charge is 0.541 e. The standard InChI is InChI=1S/C22H36O6Si.C17H28O4Si/c1-21(2,3)27-19(23)17-15(20-25-13-10-14-26-20)11-12-16(18(17)24-7)28-29(8,9)22(4,5)6;1-17(2,3)22(5,6)21-14-9-8-13(12-15(14)18-4)16-19-10-7-11-20-16/h11-12,20H,10,13-14H2,1-9H3;8-9,12,16H,7,10-11H2,1-6H3. The van der Waals surface area contributed by atoms with Crippen LogP contribution >= 0.6 is 0 Å². The highest BCUT2D eigenvalue weighted by molar-refractivity contribution is 6.75. The molecular weight excluding hydrogens is 685 g/mol. The van der Waals surface area contributed by atoms with Crippen molar-refractivity contribution in [2.75, 3.05) is 40.6 Å². The zero-order valence-electron chi connectivity index (χ0n) is 33.9. The van der Waals surface area contributed by atoms with Crippen molar-refractivity contribution in [3.05, 3.63) is 47.0 Å². The van der Waals surface area contributed by atoms with E-state index in [0.717, 1.165) is 43.1 Å². The molecule has 0 aliphatic carbocycles. The zero-order valence-corrected chi connectivity index (χ0v) is 35.9. The van der Waals surface area contributed by atoms with E-state index in [1.54, 1.807) is 7.11 Å². The van der Waals surface area contributed by atoms with Gasteiger partial charge in [-0.25, -0.2) is 4.79 Å². The van der Waals surface area contributed by atoms with Gasteiger partial charge in [-0.15, -0.1) is 0 Å². The molecular formula is C39H64O10Si2. The minimum atomic E-state index is -2.15. The first-order valence-corrected chi connectivity index (χ1v) is 23.8. The van der Waals surface area contributed by atoms with E-state index in [2.05, 4.69) is 67.7 Å². The zero-order chi connectivity index (χ0) is 38.4. The van der Waals surface area contributed by atoms with Crippen LogP contribution in [0.5, 0.6) is 23.0 Å². The Morgan fingerprint density at radius 1 is 0.647 bits per heavy atom. The number of carbonyl (C=O) groups excluding carboxylic acids is 1. The maximum Gasteiger partial charge on any atom is 0.343 e. The number of benzene rings is 2. The van der Waals surface area contributed by atoms with E-state index in [4.69, 9.17) is 42.0 Å². The van der Waals surface area contributed by atoms with Gasteiger partial charge >= 0.3 is 5.97 Å². The van der Waals surface area contributed by atoms with Crippen LogP contribution in [0.2, 0.25) is 36.3 Å². The van der Waals surface area contributed by atoms with Crippen molar-refractivity contribution in [2.45, 2.75) is 130 Å². The van der Waals surface area contributed by atoms with Gasteiger partial charge in [-0.1, -0.05) is 47.6 Å². The summed E-state index contributed by atoms with van der Waals surface area (Å²) in [6, 6.07) is 9.58. The van der Waals surface area contributed by atoms with E-state index in [1.165, 1.54) is 7.11 Å². The second kappa shape index (κ2) is 17.0. The van der Waals surface area contributed by atoms with Crippen LogP contribution in [0.1, 0.15) is 109 Å². The lowest BCUT2D eigenvalue weighted by molar-refractivity contribution is -0.183. The van der Waals surface area contributed by atoms with Gasteiger partial charge < -0.3 is 42.0 Å². The molecule has 0 aromatic heterocycles. The number of hydrogen-bond donors (Lipinski definition) is 0. The Labute approximate surface area is 309 Å². The summed E-state index contributed by atoms with van der Waals surface area (Å²) in [6.45, 7) is 30.0. The third-order valence-electron chi connectivity index (χ3n) is 9.67. The van der Waals surface area contributed by atoms with Crippen LogP contribution in [0.4, 0.5) is 0 Å². The van der Waals surface area contributed by atoms with Gasteiger partial charge in [0.15, 0.2) is 24.1 Å². The SMILES string of the molecule is COc1c(O[Si](C)(C)C(C)(C)C)ccc(C2OCCCO2)c1C(=O)OC(C)(C)C.COc1cc(C2OCCCO2)ccc1O[Si](C)(C)C(C)(C)C. The molecule has 0 saturated carbocycles. The lowest BCUT2D eigenvalue weighted by atomic mass is 10.0. The molecule has 0 N–H and O–H groups in total. The first kappa shape index (κ1) is 42.8. The van der Waals surface area contributed by atoms with Gasteiger partial charge in [0, 0.05) is 11.1 Å². The molecule has 2 aromatic carbocycles. The Bertz CT molecular complexity index is 1440. The fourth-order valence-corrected chi connectivity index (χ4v) is 6.76. The molecule has 2 aromatic rings. The first-order chi connectivity index (χ1) is 23.5. The number of hydrogen-bond acceptors (Lipinski definition) is 10. The van der Waals surface area contributed by atoms with Gasteiger partial charge in [0.05, 0.1) is 40.6 Å². The summed E-state index contributed by atoms with van der Waals surface area (Å²) in [4.78, 5) is 13.2. The second-order valence-electron chi connectivity index (χ2n) is 17.1. The molecule has 4 rings (SSSR count). The molecule has 0 unspecified atom stereocenters. The minimum absolute atomic E-state index is 0.00163. The normalized spacial score (nSPS) is 16.8. The van der Waals surface area contributed by atoms with E-state index in [9.17, 15) is 4.79 Å². The van der Waals surface area contributed by atoms with Crippen molar-refractivity contribution < 1.29 is 46.8 Å². The smallest absolute Gasteiger partial charge is 0.343 e. The minimum Gasteiger partial charge on any atom is -0.541 e. The molecule has 12 heteroatoms. The van der Waals surface area contributed by atoms with E-state index in [0.29, 0.717) is 35.8 Å². The van der Waals surface area contributed by atoms with Crippen molar-refractivity contribution in [3.8, 4) is 23.0 Å². The van der Waals surface area contributed by atoms with Crippen LogP contribution in [0, 0.1) is 0 Å². The quantitative estimate of drug-likeness (QED) is 0.182. The molecule has 51 heavy (non-hydrogen) atoms. The van der Waals surface area contributed by atoms with Crippen LogP contribution in [-0.2, 0) is 23.7 Å². The lowest BCUT2D eigenvalue weighted by Gasteiger charge is -2.37. The van der Waals surface area contributed by atoms with Crippen molar-refractivity contribution in [1.29, 1.82) is 0 Å². The number of rotatable bonds is 9. The summed E-state index contributed by atoms with van der Waals surface area (Å²) >= 11 is 0. The predicted molar refractivity (Wildman–Crippen MR) is 205 cm³/mol. The Hall–Kier alpha value is -2.62. The highest BCUT2D eigenvalue weighted by Crippen LogP contribution is 2.44. The molecule has 288 valence electrons. The van der Waals surface area contributed by atoms with Crippen molar-refractivity contribution in [2.24, 2.45) is 0 Å². The maximum absolute atomic E-state index is 13.2. The topological polar surface area (TPSA) is 100 Å². The summed E-state index contributed by atoms with van der Waals surface area (Å²) in [7, 11) is -0.840. The molecule has 10 nitrogen and oxygen atoms in total. The average Bonchev–Trinajstić information content (AvgIpc) is 3.03. The summed E-state index contributed by atoms with van der Waals surface area (Å²) in [5, 5.41) is 0.143. The van der Waals surface area contributed by atoms with Crippen LogP contribution in [0.25, 0.3) is 0 Å². The van der Waals surface area contributed by atoms with Gasteiger partial charge in [-0.3, -0.25) is 0 Å². The highest BCUT2D eigenvalue weighted by Gasteiger charge is 2.41. The van der Waals surface area contributed by atoms with Gasteiger partial charge in [0.1, 0.15) is 22.7 Å². The number of methoxy groups -OCH3 is 2. The molecule has 2 fully saturated rings. The second-order valence-corrected chi connectivity index (χ2v) is 26.5. The van der Waals surface area contributed by atoms with Crippen LogP contribution in [-0.4, -0.2) is 68.9 Å². The third kappa shape index (κ3) is 11.4. The lowest BCUT2D eigenvalue weighted by Crippen LogP contribution is -2.44. The summed E-state index contributed by atoms with van der Waals surface area (Å²) in [5.41, 5.74) is 1.22. The van der Waals surface area contributed by atoms with Crippen molar-refractivity contribution in [3.63, 3.8) is 0 Å². The van der Waals surface area contributed by atoms with Crippen molar-refractivity contribution in [1.82, 2.24) is 0 Å². The summed E-state index contributed by atoms with van der Waals surface area (Å²) in [6.07, 6.45) is 0.828. The molecule has 0 atom stereocenters. The van der Waals surface area contributed by atoms with Gasteiger partial charge in [0.2, 0.25) is 0 Å². The Morgan fingerprint density at radius 2 is 1.12 bits per heavy atom. The fourth-order valence-electron chi connectivity index (χ4n) is 4.72. The molecule has 0 bridgehead atoms. The highest BCUT2D eigenvalue weighted by atomic mass is 28.4. The molecule has 2 aliphatic rings. The molecule has 0 spiro atoms. The van der Waals surface area contributed by atoms with E-state index < -0.39 is 34.5 Å². The summed E-state index contributed by atoms with van der Waals surface area (Å²) < 4.78 is 52.5. The van der Waals surface area contributed by atoms with Gasteiger partial charge in [0.25, 0.3) is 16.6 Å². The Morgan fingerprint density at radius 3 is 1.57 bits per heavy atom. The average molecular weight is 749 g/mol. The van der Waals surface area contributed by atoms with Crippen LogP contribution < -0.4 is 18.3 Å². The molecule has 0 amide bonds. The Kier molecular flexibility index (Phi) is 14.3. The van der Waals surface area contributed by atoms with Crippen LogP contribution in [0.15, 0.2) is 30.3 Å². The van der Waals surface area contributed by atoms with E-state index in [-0.39, 0.29) is 16.4 Å². The van der Waals surface area contributed by atoms with E-state index in [1.807, 2.05) is 51.1 Å². The van der Waals surface area contributed by atoms with Gasteiger partial charge in [-0.05, 0) is 94.1 Å². The number of carbonyl (C=O) groups is 1. The Balaban J connectivity index is 0.000000286. The number of ether oxygens (including phenoxy) is 7. The first-order valence-electron chi connectivity index (χ1n) is 18.0. The van der Waals surface area contributed by atoms with Crippen molar-refractivity contribution >= 4 is 22.6 Å². The molecule has 0 radical (unpaired) electrons. The number of esters is 1. The third-order valence-corrected chi connectivity index (χ3v) is 18.4.